The van der Waals surface area contributed by atoms with E-state index in [4.69, 9.17) is 11.6 Å². The molecule has 1 aromatic carbocycles. The van der Waals surface area contributed by atoms with E-state index < -0.39 is 5.82 Å². The van der Waals surface area contributed by atoms with Gasteiger partial charge in [-0.3, -0.25) is 4.79 Å². The van der Waals surface area contributed by atoms with Gasteiger partial charge < -0.3 is 4.90 Å². The first-order valence-corrected chi connectivity index (χ1v) is 6.20. The molecule has 1 fully saturated rings. The summed E-state index contributed by atoms with van der Waals surface area (Å²) in [6.07, 6.45) is 0.792. The van der Waals surface area contributed by atoms with Crippen molar-refractivity contribution in [2.24, 2.45) is 0 Å². The van der Waals surface area contributed by atoms with Crippen molar-refractivity contribution in [1.29, 1.82) is 0 Å². The number of hydrogen-bond donors (Lipinski definition) is 0. The quantitative estimate of drug-likeness (QED) is 0.730. The molecule has 0 aliphatic carbocycles. The molecule has 1 aliphatic heterocycles. The van der Waals surface area contributed by atoms with Gasteiger partial charge in [-0.15, -0.1) is 11.6 Å². The summed E-state index contributed by atoms with van der Waals surface area (Å²) in [7, 11) is 0. The van der Waals surface area contributed by atoms with Crippen molar-refractivity contribution in [2.75, 3.05) is 13.1 Å². The predicted octanol–water partition coefficient (Wildman–Crippen LogP) is 3.04. The lowest BCUT2D eigenvalue weighted by Crippen LogP contribution is -2.29. The minimum Gasteiger partial charge on any atom is -0.337 e. The van der Waals surface area contributed by atoms with Crippen LogP contribution in [-0.2, 0) is 0 Å². The molecule has 86 valence electrons. The van der Waals surface area contributed by atoms with Gasteiger partial charge >= 0.3 is 0 Å². The maximum Gasteiger partial charge on any atom is 0.255 e. The Morgan fingerprint density at radius 3 is 2.94 bits per heavy atom. The number of alkyl halides is 1. The first-order valence-electron chi connectivity index (χ1n) is 4.97. The Morgan fingerprint density at radius 2 is 2.31 bits per heavy atom. The first-order chi connectivity index (χ1) is 7.59. The minimum absolute atomic E-state index is 0.0104. The minimum atomic E-state index is -0.424. The Morgan fingerprint density at radius 1 is 1.56 bits per heavy atom. The summed E-state index contributed by atoms with van der Waals surface area (Å²) in [5, 5.41) is 0.0104. The van der Waals surface area contributed by atoms with E-state index in [1.807, 2.05) is 0 Å². The van der Waals surface area contributed by atoms with Crippen LogP contribution in [0.3, 0.4) is 0 Å². The molecule has 0 saturated carbocycles. The third-order valence-corrected chi connectivity index (χ3v) is 3.76. The Balaban J connectivity index is 2.24. The number of rotatable bonds is 1. The zero-order valence-corrected chi connectivity index (χ0v) is 10.8. The van der Waals surface area contributed by atoms with Gasteiger partial charge in [-0.25, -0.2) is 4.39 Å². The maximum atomic E-state index is 13.3. The van der Waals surface area contributed by atoms with Crippen molar-refractivity contribution in [1.82, 2.24) is 4.90 Å². The molecule has 2 nitrogen and oxygen atoms in total. The molecular formula is C11H10BrClFNO. The molecule has 0 N–H and O–H groups in total. The second kappa shape index (κ2) is 4.72. The van der Waals surface area contributed by atoms with Crippen molar-refractivity contribution in [3.8, 4) is 0 Å². The zero-order valence-electron chi connectivity index (χ0n) is 8.42. The fourth-order valence-electron chi connectivity index (χ4n) is 1.74. The van der Waals surface area contributed by atoms with Crippen LogP contribution in [0.15, 0.2) is 22.7 Å². The van der Waals surface area contributed by atoms with Gasteiger partial charge in [-0.1, -0.05) is 6.07 Å². The Kier molecular flexibility index (Phi) is 3.50. The molecule has 1 atom stereocenters. The summed E-state index contributed by atoms with van der Waals surface area (Å²) in [4.78, 5) is 13.7. The normalized spacial score (nSPS) is 20.2. The van der Waals surface area contributed by atoms with Gasteiger partial charge in [0.15, 0.2) is 0 Å². The number of likely N-dealkylation sites (tertiary alicyclic amines) is 1. The summed E-state index contributed by atoms with van der Waals surface area (Å²) in [6, 6.07) is 4.45. The standard InChI is InChI=1S/C11H10BrClFNO/c12-10-8(2-1-3-9(10)14)11(16)15-5-4-7(13)6-15/h1-3,7H,4-6H2. The van der Waals surface area contributed by atoms with E-state index >= 15 is 0 Å². The molecule has 2 rings (SSSR count). The van der Waals surface area contributed by atoms with Crippen molar-refractivity contribution < 1.29 is 9.18 Å². The molecule has 1 unspecified atom stereocenters. The van der Waals surface area contributed by atoms with Crippen LogP contribution in [0.2, 0.25) is 0 Å². The number of amides is 1. The van der Waals surface area contributed by atoms with E-state index in [0.717, 1.165) is 6.42 Å². The van der Waals surface area contributed by atoms with Crippen LogP contribution < -0.4 is 0 Å². The summed E-state index contributed by atoms with van der Waals surface area (Å²) >= 11 is 9.02. The van der Waals surface area contributed by atoms with Gasteiger partial charge in [0, 0.05) is 13.1 Å². The molecule has 1 amide bonds. The van der Waals surface area contributed by atoms with E-state index in [1.54, 1.807) is 11.0 Å². The van der Waals surface area contributed by atoms with Gasteiger partial charge in [0.25, 0.3) is 5.91 Å². The van der Waals surface area contributed by atoms with Gasteiger partial charge in [-0.2, -0.15) is 0 Å². The molecular weight excluding hydrogens is 296 g/mol. The highest BCUT2D eigenvalue weighted by Gasteiger charge is 2.27. The van der Waals surface area contributed by atoms with Gasteiger partial charge in [0.2, 0.25) is 0 Å². The molecule has 16 heavy (non-hydrogen) atoms. The van der Waals surface area contributed by atoms with Crippen molar-refractivity contribution >= 4 is 33.4 Å². The van der Waals surface area contributed by atoms with E-state index in [-0.39, 0.29) is 15.8 Å². The lowest BCUT2D eigenvalue weighted by Gasteiger charge is -2.16. The van der Waals surface area contributed by atoms with Crippen LogP contribution in [0.1, 0.15) is 16.8 Å². The molecule has 0 radical (unpaired) electrons. The molecule has 0 aromatic heterocycles. The first kappa shape index (κ1) is 11.9. The predicted molar refractivity (Wildman–Crippen MR) is 64.3 cm³/mol. The van der Waals surface area contributed by atoms with Gasteiger partial charge in [-0.05, 0) is 34.5 Å². The fourth-order valence-corrected chi connectivity index (χ4v) is 2.44. The highest BCUT2D eigenvalue weighted by Crippen LogP contribution is 2.24. The molecule has 1 aliphatic rings. The Hall–Kier alpha value is -0.610. The maximum absolute atomic E-state index is 13.3. The number of hydrogen-bond acceptors (Lipinski definition) is 1. The van der Waals surface area contributed by atoms with Crippen molar-refractivity contribution in [3.63, 3.8) is 0 Å². The van der Waals surface area contributed by atoms with Crippen LogP contribution in [0.5, 0.6) is 0 Å². The third kappa shape index (κ3) is 2.23. The van der Waals surface area contributed by atoms with Gasteiger partial charge in [0.05, 0.1) is 15.4 Å². The molecule has 5 heteroatoms. The summed E-state index contributed by atoms with van der Waals surface area (Å²) in [5.74, 6) is -0.595. The van der Waals surface area contributed by atoms with E-state index in [2.05, 4.69) is 15.9 Å². The SMILES string of the molecule is O=C(c1cccc(F)c1Br)N1CCC(Cl)C1. The molecule has 0 spiro atoms. The number of carbonyl (C=O) groups excluding carboxylic acids is 1. The van der Waals surface area contributed by atoms with E-state index in [1.165, 1.54) is 12.1 Å². The van der Waals surface area contributed by atoms with Crippen molar-refractivity contribution in [3.05, 3.63) is 34.1 Å². The molecule has 0 bridgehead atoms. The average molecular weight is 307 g/mol. The average Bonchev–Trinajstić information content (AvgIpc) is 2.68. The highest BCUT2D eigenvalue weighted by atomic mass is 79.9. The lowest BCUT2D eigenvalue weighted by atomic mass is 10.2. The molecule has 1 saturated heterocycles. The summed E-state index contributed by atoms with van der Waals surface area (Å²) in [5.41, 5.74) is 0.353. The number of nitrogens with zero attached hydrogens (tertiary/aromatic N) is 1. The van der Waals surface area contributed by atoms with Crippen LogP contribution in [0.25, 0.3) is 0 Å². The molecule has 1 heterocycles. The van der Waals surface area contributed by atoms with E-state index in [9.17, 15) is 9.18 Å². The monoisotopic (exact) mass is 305 g/mol. The summed E-state index contributed by atoms with van der Waals surface area (Å²) in [6.45, 7) is 1.17. The number of benzene rings is 1. The van der Waals surface area contributed by atoms with Crippen LogP contribution in [-0.4, -0.2) is 29.3 Å². The second-order valence-electron chi connectivity index (χ2n) is 3.74. The lowest BCUT2D eigenvalue weighted by molar-refractivity contribution is 0.0791. The smallest absolute Gasteiger partial charge is 0.255 e. The Bertz CT molecular complexity index is 426. The van der Waals surface area contributed by atoms with Crippen molar-refractivity contribution in [2.45, 2.75) is 11.8 Å². The third-order valence-electron chi connectivity index (χ3n) is 2.60. The summed E-state index contributed by atoms with van der Waals surface area (Å²) < 4.78 is 13.5. The number of halogens is 3. The van der Waals surface area contributed by atoms with Crippen LogP contribution >= 0.6 is 27.5 Å². The fraction of sp³-hybridized carbons (Fsp3) is 0.364. The van der Waals surface area contributed by atoms with Crippen LogP contribution in [0.4, 0.5) is 4.39 Å². The van der Waals surface area contributed by atoms with Gasteiger partial charge in [0.1, 0.15) is 5.82 Å². The van der Waals surface area contributed by atoms with E-state index in [0.29, 0.717) is 18.7 Å². The highest BCUT2D eigenvalue weighted by molar-refractivity contribution is 9.10. The second-order valence-corrected chi connectivity index (χ2v) is 5.15. The Labute approximate surface area is 107 Å². The zero-order chi connectivity index (χ0) is 11.7. The molecule has 1 aromatic rings. The topological polar surface area (TPSA) is 20.3 Å². The van der Waals surface area contributed by atoms with Crippen LogP contribution in [0, 0.1) is 5.82 Å². The number of carbonyl (C=O) groups is 1. The largest absolute Gasteiger partial charge is 0.337 e.